The smallest absolute Gasteiger partial charge is 0.317 e. The van der Waals surface area contributed by atoms with Gasteiger partial charge in [0.1, 0.15) is 6.79 Å². The highest BCUT2D eigenvalue weighted by atomic mass is 16.7. The van der Waals surface area contributed by atoms with E-state index < -0.39 is 11.9 Å². The van der Waals surface area contributed by atoms with E-state index in [0.29, 0.717) is 25.2 Å². The first-order valence-electron chi connectivity index (χ1n) is 9.84. The lowest BCUT2D eigenvalue weighted by Gasteiger charge is -2.57. The molecule has 2 saturated carbocycles. The maximum atomic E-state index is 11.1. The molecule has 0 radical (unpaired) electrons. The van der Waals surface area contributed by atoms with Gasteiger partial charge < -0.3 is 19.7 Å². The number of carboxylic acids is 2. The summed E-state index contributed by atoms with van der Waals surface area (Å²) in [5.74, 6) is -0.828. The van der Waals surface area contributed by atoms with Gasteiger partial charge in [-0.25, -0.2) is 0 Å². The molecule has 0 bridgehead atoms. The van der Waals surface area contributed by atoms with Crippen molar-refractivity contribution in [1.29, 1.82) is 0 Å². The van der Waals surface area contributed by atoms with Gasteiger partial charge in [0, 0.05) is 5.92 Å². The third kappa shape index (κ3) is 4.36. The van der Waals surface area contributed by atoms with Gasteiger partial charge in [-0.05, 0) is 55.9 Å². The van der Waals surface area contributed by atoms with Gasteiger partial charge >= 0.3 is 11.9 Å². The maximum absolute atomic E-state index is 11.1. The van der Waals surface area contributed by atoms with E-state index >= 15 is 0 Å². The number of rotatable bonds is 7. The van der Waals surface area contributed by atoms with Gasteiger partial charge in [0.15, 0.2) is 0 Å². The molecule has 0 spiro atoms. The number of hydrogen-bond acceptors (Lipinski definition) is 5. The van der Waals surface area contributed by atoms with E-state index in [1.807, 2.05) is 0 Å². The molecule has 5 atom stereocenters. The van der Waals surface area contributed by atoms with Gasteiger partial charge in [-0.2, -0.15) is 0 Å². The van der Waals surface area contributed by atoms with Crippen LogP contribution < -0.4 is 0 Å². The lowest BCUT2D eigenvalue weighted by atomic mass is 9.50. The van der Waals surface area contributed by atoms with E-state index in [9.17, 15) is 9.59 Å². The summed E-state index contributed by atoms with van der Waals surface area (Å²) < 4.78 is 11.4. The fraction of sp³-hybridized carbons (Fsp3) is 0.800. The molecule has 0 aromatic heterocycles. The molecule has 7 heteroatoms. The minimum atomic E-state index is -1.00. The summed E-state index contributed by atoms with van der Waals surface area (Å²) in [7, 11) is 0. The fourth-order valence-corrected chi connectivity index (χ4v) is 5.75. The molecule has 5 unspecified atom stereocenters. The summed E-state index contributed by atoms with van der Waals surface area (Å²) in [6, 6.07) is 0. The minimum Gasteiger partial charge on any atom is -0.480 e. The van der Waals surface area contributed by atoms with Crippen LogP contribution in [0.4, 0.5) is 0 Å². The summed E-state index contributed by atoms with van der Waals surface area (Å²) >= 11 is 0. The maximum Gasteiger partial charge on any atom is 0.317 e. The zero-order valence-electron chi connectivity index (χ0n) is 16.1. The predicted molar refractivity (Wildman–Crippen MR) is 98.2 cm³/mol. The molecule has 152 valence electrons. The van der Waals surface area contributed by atoms with Crippen LogP contribution in [0.25, 0.3) is 0 Å². The van der Waals surface area contributed by atoms with Crippen LogP contribution >= 0.6 is 0 Å². The Balaban J connectivity index is 1.72. The summed E-state index contributed by atoms with van der Waals surface area (Å²) in [5, 5.41) is 18.1. The lowest BCUT2D eigenvalue weighted by Crippen LogP contribution is -2.54. The third-order valence-electron chi connectivity index (χ3n) is 7.00. The SMILES string of the molecule is C=C1CCC2C3COCOC3CCC2(C)C1CCN(CC(=O)O)CC(=O)O. The van der Waals surface area contributed by atoms with Crippen molar-refractivity contribution in [3.8, 4) is 0 Å². The molecular weight excluding hydrogens is 350 g/mol. The van der Waals surface area contributed by atoms with Gasteiger partial charge in [-0.15, -0.1) is 0 Å². The second kappa shape index (κ2) is 8.29. The number of ether oxygens (including phenoxy) is 2. The Bertz CT molecular complexity index is 577. The number of carboxylic acid groups (broad SMARTS) is 2. The molecule has 2 N–H and O–H groups in total. The number of carbonyl (C=O) groups is 2. The highest BCUT2D eigenvalue weighted by Gasteiger charge is 2.53. The van der Waals surface area contributed by atoms with Crippen molar-refractivity contribution in [2.75, 3.05) is 33.0 Å². The van der Waals surface area contributed by atoms with Crippen LogP contribution in [0.3, 0.4) is 0 Å². The van der Waals surface area contributed by atoms with Gasteiger partial charge in [0.2, 0.25) is 0 Å². The Labute approximate surface area is 160 Å². The molecule has 1 heterocycles. The summed E-state index contributed by atoms with van der Waals surface area (Å²) in [5.41, 5.74) is 1.30. The van der Waals surface area contributed by atoms with Crippen LogP contribution in [0.15, 0.2) is 12.2 Å². The topological polar surface area (TPSA) is 96.3 Å². The van der Waals surface area contributed by atoms with Crippen molar-refractivity contribution in [2.45, 2.75) is 45.1 Å². The first-order valence-corrected chi connectivity index (χ1v) is 9.84. The van der Waals surface area contributed by atoms with E-state index in [0.717, 1.165) is 38.7 Å². The quantitative estimate of drug-likeness (QED) is 0.653. The minimum absolute atomic E-state index is 0.0820. The number of nitrogens with zero attached hydrogens (tertiary/aromatic N) is 1. The first kappa shape index (κ1) is 20.3. The normalized spacial score (nSPS) is 36.1. The van der Waals surface area contributed by atoms with E-state index in [1.54, 1.807) is 0 Å². The van der Waals surface area contributed by atoms with Crippen LogP contribution in [0, 0.1) is 23.2 Å². The molecule has 0 aromatic carbocycles. The number of fused-ring (bicyclic) bond motifs is 3. The van der Waals surface area contributed by atoms with Crippen molar-refractivity contribution in [1.82, 2.24) is 4.90 Å². The molecule has 3 fully saturated rings. The van der Waals surface area contributed by atoms with Crippen molar-refractivity contribution >= 4 is 11.9 Å². The van der Waals surface area contributed by atoms with Crippen LogP contribution in [0.5, 0.6) is 0 Å². The second-order valence-corrected chi connectivity index (χ2v) is 8.54. The average Bonchev–Trinajstić information content (AvgIpc) is 2.59. The molecule has 2 aliphatic carbocycles. The lowest BCUT2D eigenvalue weighted by molar-refractivity contribution is -0.218. The summed E-state index contributed by atoms with van der Waals surface area (Å²) in [6.07, 6.45) is 5.14. The van der Waals surface area contributed by atoms with Crippen LogP contribution in [-0.4, -0.2) is 66.2 Å². The highest BCUT2D eigenvalue weighted by molar-refractivity contribution is 5.72. The largest absolute Gasteiger partial charge is 0.480 e. The monoisotopic (exact) mass is 381 g/mol. The van der Waals surface area contributed by atoms with E-state index in [2.05, 4.69) is 13.5 Å². The molecule has 0 aromatic rings. The van der Waals surface area contributed by atoms with Crippen molar-refractivity contribution in [3.63, 3.8) is 0 Å². The molecule has 1 saturated heterocycles. The Morgan fingerprint density at radius 1 is 1.26 bits per heavy atom. The Hall–Kier alpha value is -1.44. The first-order chi connectivity index (χ1) is 12.8. The summed E-state index contributed by atoms with van der Waals surface area (Å²) in [4.78, 5) is 23.7. The van der Waals surface area contributed by atoms with E-state index in [1.165, 1.54) is 10.5 Å². The van der Waals surface area contributed by atoms with Crippen molar-refractivity contribution < 1.29 is 29.3 Å². The van der Waals surface area contributed by atoms with E-state index in [-0.39, 0.29) is 30.5 Å². The van der Waals surface area contributed by atoms with Gasteiger partial charge in [0.25, 0.3) is 0 Å². The Morgan fingerprint density at radius 3 is 2.63 bits per heavy atom. The summed E-state index contributed by atoms with van der Waals surface area (Å²) in [6.45, 7) is 7.73. The van der Waals surface area contributed by atoms with Crippen LogP contribution in [-0.2, 0) is 19.1 Å². The highest BCUT2D eigenvalue weighted by Crippen LogP contribution is 2.58. The standard InChI is InChI=1S/C20H31NO6/c1-13-3-4-16-14-11-26-12-27-17(14)5-7-20(16,2)15(13)6-8-21(9-18(22)23)10-19(24)25/h14-17H,1,3-12H2,2H3,(H,22,23)(H,24,25). The molecule has 3 rings (SSSR count). The van der Waals surface area contributed by atoms with Gasteiger partial charge in [-0.1, -0.05) is 19.1 Å². The molecule has 0 amide bonds. The second-order valence-electron chi connectivity index (χ2n) is 8.54. The molecule has 27 heavy (non-hydrogen) atoms. The number of hydrogen-bond donors (Lipinski definition) is 2. The fourth-order valence-electron chi connectivity index (χ4n) is 5.75. The number of allylic oxidation sites excluding steroid dienone is 1. The predicted octanol–water partition coefficient (Wildman–Crippen LogP) is 2.22. The third-order valence-corrected chi connectivity index (χ3v) is 7.00. The van der Waals surface area contributed by atoms with E-state index in [4.69, 9.17) is 19.7 Å². The average molecular weight is 381 g/mol. The van der Waals surface area contributed by atoms with Gasteiger partial charge in [-0.3, -0.25) is 14.5 Å². The zero-order valence-corrected chi connectivity index (χ0v) is 16.1. The molecule has 3 aliphatic rings. The van der Waals surface area contributed by atoms with Gasteiger partial charge in [0.05, 0.1) is 25.8 Å². The van der Waals surface area contributed by atoms with Crippen LogP contribution in [0.2, 0.25) is 0 Å². The van der Waals surface area contributed by atoms with Crippen molar-refractivity contribution in [3.05, 3.63) is 12.2 Å². The number of aliphatic carboxylic acids is 2. The molecule has 7 nitrogen and oxygen atoms in total. The van der Waals surface area contributed by atoms with Crippen molar-refractivity contribution in [2.24, 2.45) is 23.2 Å². The molecule has 1 aliphatic heterocycles. The Morgan fingerprint density at radius 2 is 1.96 bits per heavy atom. The van der Waals surface area contributed by atoms with Crippen LogP contribution in [0.1, 0.15) is 39.0 Å². The molecular formula is C20H31NO6. The zero-order chi connectivity index (χ0) is 19.6. The Kier molecular flexibility index (Phi) is 6.23.